The fraction of sp³-hybridized carbons (Fsp3) is 0.400. The second kappa shape index (κ2) is 7.84. The van der Waals surface area contributed by atoms with Gasteiger partial charge in [0, 0.05) is 38.7 Å². The molecule has 1 amide bonds. The Hall–Kier alpha value is -3.16. The summed E-state index contributed by atoms with van der Waals surface area (Å²) in [5, 5.41) is 0. The van der Waals surface area contributed by atoms with Gasteiger partial charge in [0.1, 0.15) is 17.8 Å². The van der Waals surface area contributed by atoms with Crippen molar-refractivity contribution in [1.82, 2.24) is 34.4 Å². The molecular weight excluding hydrogens is 354 g/mol. The van der Waals surface area contributed by atoms with Gasteiger partial charge in [0.05, 0.1) is 29.3 Å². The smallest absolute Gasteiger partial charge is 0.256 e. The largest absolute Gasteiger partial charge is 0.339 e. The van der Waals surface area contributed by atoms with E-state index in [4.69, 9.17) is 4.98 Å². The minimum absolute atomic E-state index is 0.00687. The molecule has 8 heteroatoms. The maximum Gasteiger partial charge on any atom is 0.256 e. The predicted molar refractivity (Wildman–Crippen MR) is 103 cm³/mol. The van der Waals surface area contributed by atoms with Crippen molar-refractivity contribution in [1.29, 1.82) is 0 Å². The van der Waals surface area contributed by atoms with E-state index in [9.17, 15) is 4.79 Å². The highest BCUT2D eigenvalue weighted by Crippen LogP contribution is 2.23. The first-order valence-electron chi connectivity index (χ1n) is 9.45. The third kappa shape index (κ3) is 3.76. The lowest BCUT2D eigenvalue weighted by molar-refractivity contribution is 0.0689. The average molecular weight is 377 g/mol. The average Bonchev–Trinajstić information content (AvgIpc) is 3.07. The Balaban J connectivity index is 1.38. The molecule has 4 heterocycles. The van der Waals surface area contributed by atoms with Crippen molar-refractivity contribution in [3.05, 3.63) is 54.4 Å². The topological polar surface area (TPSA) is 89.7 Å². The lowest BCUT2D eigenvalue weighted by Gasteiger charge is -2.31. The number of rotatable bonds is 4. The molecule has 28 heavy (non-hydrogen) atoms. The summed E-state index contributed by atoms with van der Waals surface area (Å²) >= 11 is 0. The van der Waals surface area contributed by atoms with Gasteiger partial charge in [-0.2, -0.15) is 0 Å². The molecule has 0 saturated carbocycles. The number of hydrogen-bond acceptors (Lipinski definition) is 6. The van der Waals surface area contributed by atoms with Crippen LogP contribution in [0.2, 0.25) is 0 Å². The van der Waals surface area contributed by atoms with Gasteiger partial charge in [-0.15, -0.1) is 0 Å². The lowest BCUT2D eigenvalue weighted by atomic mass is 9.92. The van der Waals surface area contributed by atoms with Gasteiger partial charge in [-0.3, -0.25) is 9.78 Å². The Bertz CT molecular complexity index is 962. The van der Waals surface area contributed by atoms with E-state index in [1.807, 2.05) is 35.8 Å². The molecule has 0 aromatic carbocycles. The normalized spacial score (nSPS) is 15.0. The first-order valence-corrected chi connectivity index (χ1v) is 9.45. The lowest BCUT2D eigenvalue weighted by Crippen LogP contribution is -2.39. The molecular formula is C20H23N7O. The molecule has 0 unspecified atom stereocenters. The van der Waals surface area contributed by atoms with Crippen LogP contribution >= 0.6 is 0 Å². The number of imidazole rings is 1. The van der Waals surface area contributed by atoms with Crippen LogP contribution in [0.4, 0.5) is 0 Å². The summed E-state index contributed by atoms with van der Waals surface area (Å²) < 4.78 is 2.02. The van der Waals surface area contributed by atoms with Gasteiger partial charge in [-0.05, 0) is 32.1 Å². The third-order valence-corrected chi connectivity index (χ3v) is 5.37. The number of piperidine rings is 1. The number of carbonyl (C=O) groups is 1. The van der Waals surface area contributed by atoms with E-state index < -0.39 is 0 Å². The van der Waals surface area contributed by atoms with Gasteiger partial charge < -0.3 is 9.47 Å². The van der Waals surface area contributed by atoms with E-state index in [1.165, 1.54) is 6.33 Å². The van der Waals surface area contributed by atoms with E-state index in [1.54, 1.807) is 18.6 Å². The minimum atomic E-state index is 0.00687. The van der Waals surface area contributed by atoms with Gasteiger partial charge in [0.2, 0.25) is 0 Å². The van der Waals surface area contributed by atoms with Crippen LogP contribution in [0.5, 0.6) is 0 Å². The van der Waals surface area contributed by atoms with Gasteiger partial charge in [0.15, 0.2) is 0 Å². The van der Waals surface area contributed by atoms with Crippen LogP contribution in [0.3, 0.4) is 0 Å². The van der Waals surface area contributed by atoms with Crippen LogP contribution in [0, 0.1) is 12.8 Å². The maximum atomic E-state index is 12.5. The highest BCUT2D eigenvalue weighted by Gasteiger charge is 2.24. The number of amides is 1. The van der Waals surface area contributed by atoms with Crippen LogP contribution in [0.25, 0.3) is 11.4 Å². The van der Waals surface area contributed by atoms with E-state index in [2.05, 4.69) is 19.9 Å². The van der Waals surface area contributed by atoms with Crippen LogP contribution < -0.4 is 0 Å². The van der Waals surface area contributed by atoms with Crippen molar-refractivity contribution in [2.75, 3.05) is 13.1 Å². The van der Waals surface area contributed by atoms with Crippen LogP contribution in [-0.4, -0.2) is 53.4 Å². The molecule has 0 aliphatic carbocycles. The summed E-state index contributed by atoms with van der Waals surface area (Å²) in [6.07, 6.45) is 12.8. The van der Waals surface area contributed by atoms with Gasteiger partial charge in [0.25, 0.3) is 5.91 Å². The first-order chi connectivity index (χ1) is 13.6. The fourth-order valence-corrected chi connectivity index (χ4v) is 3.60. The van der Waals surface area contributed by atoms with E-state index in [0.29, 0.717) is 11.5 Å². The van der Waals surface area contributed by atoms with Crippen molar-refractivity contribution >= 4 is 5.91 Å². The summed E-state index contributed by atoms with van der Waals surface area (Å²) in [5.41, 5.74) is 3.35. The second-order valence-electron chi connectivity index (χ2n) is 7.21. The number of hydrogen-bond donors (Lipinski definition) is 0. The Morgan fingerprint density at radius 2 is 1.82 bits per heavy atom. The molecule has 3 aromatic heterocycles. The Morgan fingerprint density at radius 1 is 1.07 bits per heavy atom. The van der Waals surface area contributed by atoms with Crippen LogP contribution in [0.15, 0.2) is 37.3 Å². The number of carbonyl (C=O) groups excluding carboxylic acids is 1. The second-order valence-corrected chi connectivity index (χ2v) is 7.21. The SMILES string of the molecule is Cc1ncc(-c2cncc(CC3CCN(C(=O)c4cncnc4)CC3)n2)n1C. The minimum Gasteiger partial charge on any atom is -0.339 e. The van der Waals surface area contributed by atoms with E-state index >= 15 is 0 Å². The molecule has 1 aliphatic rings. The standard InChI is InChI=1S/C20H23N7O/c1-14-24-12-19(26(14)2)18-11-21-10-17(25-18)7-15-3-5-27(6-4-15)20(28)16-8-22-13-23-9-16/h8-13,15H,3-7H2,1-2H3. The zero-order valence-corrected chi connectivity index (χ0v) is 16.1. The monoisotopic (exact) mass is 377 g/mol. The number of aromatic nitrogens is 6. The van der Waals surface area contributed by atoms with E-state index in [-0.39, 0.29) is 5.91 Å². The molecule has 0 atom stereocenters. The van der Waals surface area contributed by atoms with Crippen molar-refractivity contribution < 1.29 is 4.79 Å². The summed E-state index contributed by atoms with van der Waals surface area (Å²) in [4.78, 5) is 35.8. The first kappa shape index (κ1) is 18.2. The molecule has 8 nitrogen and oxygen atoms in total. The van der Waals surface area contributed by atoms with Gasteiger partial charge in [-0.1, -0.05) is 0 Å². The van der Waals surface area contributed by atoms with Crippen molar-refractivity contribution in [3.63, 3.8) is 0 Å². The Kier molecular flexibility index (Phi) is 5.10. The zero-order valence-electron chi connectivity index (χ0n) is 16.1. The fourth-order valence-electron chi connectivity index (χ4n) is 3.60. The number of nitrogens with zero attached hydrogens (tertiary/aromatic N) is 7. The molecule has 1 fully saturated rings. The molecule has 1 saturated heterocycles. The van der Waals surface area contributed by atoms with Gasteiger partial charge in [-0.25, -0.2) is 19.9 Å². The molecule has 0 spiro atoms. The predicted octanol–water partition coefficient (Wildman–Crippen LogP) is 2.07. The molecule has 144 valence electrons. The highest BCUT2D eigenvalue weighted by atomic mass is 16.2. The maximum absolute atomic E-state index is 12.5. The van der Waals surface area contributed by atoms with Crippen molar-refractivity contribution in [2.24, 2.45) is 13.0 Å². The summed E-state index contributed by atoms with van der Waals surface area (Å²) in [6, 6.07) is 0. The molecule has 0 bridgehead atoms. The molecule has 3 aromatic rings. The highest BCUT2D eigenvalue weighted by molar-refractivity contribution is 5.93. The van der Waals surface area contributed by atoms with Crippen molar-refractivity contribution in [3.8, 4) is 11.4 Å². The van der Waals surface area contributed by atoms with Crippen molar-refractivity contribution in [2.45, 2.75) is 26.2 Å². The quantitative estimate of drug-likeness (QED) is 0.691. The summed E-state index contributed by atoms with van der Waals surface area (Å²) in [5.74, 6) is 1.45. The summed E-state index contributed by atoms with van der Waals surface area (Å²) in [7, 11) is 1.98. The van der Waals surface area contributed by atoms with E-state index in [0.717, 1.165) is 55.3 Å². The van der Waals surface area contributed by atoms with Crippen LogP contribution in [-0.2, 0) is 13.5 Å². The van der Waals surface area contributed by atoms with Gasteiger partial charge >= 0.3 is 0 Å². The molecule has 0 radical (unpaired) electrons. The Morgan fingerprint density at radius 3 is 2.50 bits per heavy atom. The molecule has 4 rings (SSSR count). The zero-order chi connectivity index (χ0) is 19.5. The number of likely N-dealkylation sites (tertiary alicyclic amines) is 1. The Labute approximate surface area is 163 Å². The third-order valence-electron chi connectivity index (χ3n) is 5.37. The summed E-state index contributed by atoms with van der Waals surface area (Å²) in [6.45, 7) is 3.45. The molecule has 0 N–H and O–H groups in total. The molecule has 1 aliphatic heterocycles. The number of aryl methyl sites for hydroxylation is 1. The van der Waals surface area contributed by atoms with Crippen LogP contribution in [0.1, 0.15) is 34.7 Å².